The predicted octanol–water partition coefficient (Wildman–Crippen LogP) is 5.34. The summed E-state index contributed by atoms with van der Waals surface area (Å²) < 4.78 is 0. The van der Waals surface area contributed by atoms with E-state index < -0.39 is 0 Å². The van der Waals surface area contributed by atoms with Crippen LogP contribution < -0.4 is 4.90 Å². The van der Waals surface area contributed by atoms with Crippen LogP contribution in [0.1, 0.15) is 28.2 Å². The highest BCUT2D eigenvalue weighted by atomic mass is 35.5. The van der Waals surface area contributed by atoms with Crippen molar-refractivity contribution >= 4 is 51.9 Å². The van der Waals surface area contributed by atoms with Crippen LogP contribution in [0.4, 0.5) is 5.69 Å². The maximum absolute atomic E-state index is 13.1. The molecule has 1 N–H and O–H groups in total. The van der Waals surface area contributed by atoms with E-state index in [0.29, 0.717) is 44.7 Å². The standard InChI is InChI=1S/C20H17Cl2N3OS/c1-25(19(27)9-8-18-23-10-11-24-18)17-7-6-13(21)12-15(17)20(26)14-4-2-3-5-16(14)22/h2-7,10-12H,8-9H2,1H3,(H,23,24). The monoisotopic (exact) mass is 417 g/mol. The van der Waals surface area contributed by atoms with E-state index in [-0.39, 0.29) is 5.78 Å². The topological polar surface area (TPSA) is 49.0 Å². The quantitative estimate of drug-likeness (QED) is 0.434. The first-order valence-corrected chi connectivity index (χ1v) is 9.47. The van der Waals surface area contributed by atoms with Crippen molar-refractivity contribution in [2.45, 2.75) is 12.8 Å². The fourth-order valence-corrected chi connectivity index (χ4v) is 3.33. The van der Waals surface area contributed by atoms with Gasteiger partial charge in [0.15, 0.2) is 5.78 Å². The van der Waals surface area contributed by atoms with Gasteiger partial charge in [-0.3, -0.25) is 4.79 Å². The Kier molecular flexibility index (Phi) is 6.26. The van der Waals surface area contributed by atoms with Gasteiger partial charge in [0.1, 0.15) is 5.82 Å². The summed E-state index contributed by atoms with van der Waals surface area (Å²) >= 11 is 17.9. The first kappa shape index (κ1) is 19.5. The van der Waals surface area contributed by atoms with Crippen molar-refractivity contribution < 1.29 is 4.79 Å². The van der Waals surface area contributed by atoms with Crippen LogP contribution in [0.5, 0.6) is 0 Å². The number of ketones is 1. The highest BCUT2D eigenvalue weighted by Gasteiger charge is 2.20. The number of anilines is 1. The number of H-pyrrole nitrogens is 1. The van der Waals surface area contributed by atoms with Gasteiger partial charge in [-0.2, -0.15) is 0 Å². The fraction of sp³-hybridized carbons (Fsp3) is 0.150. The molecule has 3 rings (SSSR count). The van der Waals surface area contributed by atoms with Crippen molar-refractivity contribution in [2.75, 3.05) is 11.9 Å². The van der Waals surface area contributed by atoms with Crippen molar-refractivity contribution in [1.29, 1.82) is 0 Å². The van der Waals surface area contributed by atoms with E-state index in [1.54, 1.807) is 54.9 Å². The summed E-state index contributed by atoms with van der Waals surface area (Å²) in [4.78, 5) is 22.9. The van der Waals surface area contributed by atoms with Gasteiger partial charge in [0, 0.05) is 48.4 Å². The smallest absolute Gasteiger partial charge is 0.196 e. The third-order valence-electron chi connectivity index (χ3n) is 4.19. The van der Waals surface area contributed by atoms with Crippen LogP contribution in [0.15, 0.2) is 54.9 Å². The molecular formula is C20H17Cl2N3OS. The van der Waals surface area contributed by atoms with E-state index in [9.17, 15) is 4.79 Å². The Labute approximate surface area is 173 Å². The van der Waals surface area contributed by atoms with Gasteiger partial charge < -0.3 is 9.88 Å². The zero-order valence-electron chi connectivity index (χ0n) is 14.6. The molecule has 1 aromatic heterocycles. The number of imidazole rings is 1. The molecule has 0 spiro atoms. The minimum atomic E-state index is -0.196. The molecule has 0 radical (unpaired) electrons. The Morgan fingerprint density at radius 1 is 1.19 bits per heavy atom. The van der Waals surface area contributed by atoms with E-state index in [1.807, 2.05) is 11.9 Å². The fourth-order valence-electron chi connectivity index (χ4n) is 2.74. The number of aromatic amines is 1. The van der Waals surface area contributed by atoms with Crippen LogP contribution in [0.25, 0.3) is 0 Å². The van der Waals surface area contributed by atoms with E-state index in [4.69, 9.17) is 35.4 Å². The summed E-state index contributed by atoms with van der Waals surface area (Å²) in [5.41, 5.74) is 1.57. The number of nitrogens with one attached hydrogen (secondary N) is 1. The molecule has 0 amide bonds. The molecule has 0 saturated heterocycles. The minimum Gasteiger partial charge on any atom is -0.349 e. The largest absolute Gasteiger partial charge is 0.349 e. The maximum atomic E-state index is 13.1. The second-order valence-corrected chi connectivity index (χ2v) is 7.27. The zero-order valence-corrected chi connectivity index (χ0v) is 16.9. The van der Waals surface area contributed by atoms with Crippen LogP contribution in [0.2, 0.25) is 10.0 Å². The van der Waals surface area contributed by atoms with E-state index in [2.05, 4.69) is 9.97 Å². The van der Waals surface area contributed by atoms with Gasteiger partial charge in [0.05, 0.1) is 15.7 Å². The third kappa shape index (κ3) is 4.56. The number of thiocarbonyl (C=S) groups is 1. The summed E-state index contributed by atoms with van der Waals surface area (Å²) in [6.07, 6.45) is 4.81. The van der Waals surface area contributed by atoms with Gasteiger partial charge in [-0.25, -0.2) is 4.98 Å². The van der Waals surface area contributed by atoms with Gasteiger partial charge in [-0.15, -0.1) is 0 Å². The zero-order chi connectivity index (χ0) is 19.4. The molecular weight excluding hydrogens is 401 g/mol. The van der Waals surface area contributed by atoms with E-state index in [0.717, 1.165) is 5.82 Å². The first-order valence-electron chi connectivity index (χ1n) is 8.31. The number of carbonyl (C=O) groups is 1. The minimum absolute atomic E-state index is 0.196. The third-order valence-corrected chi connectivity index (χ3v) is 5.23. The highest BCUT2D eigenvalue weighted by molar-refractivity contribution is 7.80. The predicted molar refractivity (Wildman–Crippen MR) is 114 cm³/mol. The number of aryl methyl sites for hydroxylation is 1. The summed E-state index contributed by atoms with van der Waals surface area (Å²) in [6, 6.07) is 12.1. The van der Waals surface area contributed by atoms with Crippen molar-refractivity contribution in [3.05, 3.63) is 81.9 Å². The van der Waals surface area contributed by atoms with Gasteiger partial charge in [0.2, 0.25) is 0 Å². The molecule has 0 atom stereocenters. The molecule has 0 fully saturated rings. The molecule has 0 saturated carbocycles. The SMILES string of the molecule is CN(C(=S)CCc1ncc[nH]1)c1ccc(Cl)cc1C(=O)c1ccccc1Cl. The van der Waals surface area contributed by atoms with Crippen LogP contribution in [-0.2, 0) is 6.42 Å². The van der Waals surface area contributed by atoms with Crippen LogP contribution in [0, 0.1) is 0 Å². The molecule has 138 valence electrons. The summed E-state index contributed by atoms with van der Waals surface area (Å²) in [7, 11) is 1.84. The average Bonchev–Trinajstić information content (AvgIpc) is 3.19. The Bertz CT molecular complexity index is 973. The van der Waals surface area contributed by atoms with E-state index in [1.165, 1.54) is 0 Å². The molecule has 3 aromatic rings. The Morgan fingerprint density at radius 3 is 2.67 bits per heavy atom. The molecule has 1 heterocycles. The highest BCUT2D eigenvalue weighted by Crippen LogP contribution is 2.29. The molecule has 7 heteroatoms. The van der Waals surface area contributed by atoms with Gasteiger partial charge in [0.25, 0.3) is 0 Å². The van der Waals surface area contributed by atoms with Gasteiger partial charge in [-0.05, 0) is 30.3 Å². The molecule has 0 aliphatic rings. The number of nitrogens with zero attached hydrogens (tertiary/aromatic N) is 2. The molecule has 0 aliphatic heterocycles. The molecule has 4 nitrogen and oxygen atoms in total. The van der Waals surface area contributed by atoms with Crippen LogP contribution in [-0.4, -0.2) is 27.8 Å². The molecule has 0 aliphatic carbocycles. The molecule has 27 heavy (non-hydrogen) atoms. The van der Waals surface area contributed by atoms with Crippen molar-refractivity contribution in [3.63, 3.8) is 0 Å². The van der Waals surface area contributed by atoms with Gasteiger partial charge >= 0.3 is 0 Å². The van der Waals surface area contributed by atoms with Crippen molar-refractivity contribution in [1.82, 2.24) is 9.97 Å². The summed E-state index contributed by atoms with van der Waals surface area (Å²) in [5.74, 6) is 0.674. The lowest BCUT2D eigenvalue weighted by atomic mass is 10.0. The van der Waals surface area contributed by atoms with Crippen molar-refractivity contribution in [3.8, 4) is 0 Å². The number of rotatable bonds is 6. The van der Waals surface area contributed by atoms with E-state index >= 15 is 0 Å². The number of hydrogen-bond acceptors (Lipinski definition) is 3. The normalized spacial score (nSPS) is 10.6. The molecule has 0 bridgehead atoms. The number of benzene rings is 2. The number of halogens is 2. The number of hydrogen-bond donors (Lipinski definition) is 1. The first-order chi connectivity index (χ1) is 13.0. The average molecular weight is 418 g/mol. The molecule has 2 aromatic carbocycles. The Hall–Kier alpha value is -2.21. The lowest BCUT2D eigenvalue weighted by molar-refractivity contribution is 0.103. The Balaban J connectivity index is 1.88. The lowest BCUT2D eigenvalue weighted by Gasteiger charge is -2.23. The summed E-state index contributed by atoms with van der Waals surface area (Å²) in [5, 5.41) is 0.875. The Morgan fingerprint density at radius 2 is 1.96 bits per heavy atom. The second-order valence-electron chi connectivity index (χ2n) is 5.96. The number of aromatic nitrogens is 2. The second kappa shape index (κ2) is 8.65. The van der Waals surface area contributed by atoms with Crippen LogP contribution >= 0.6 is 35.4 Å². The molecule has 0 unspecified atom stereocenters. The van der Waals surface area contributed by atoms with Crippen molar-refractivity contribution in [2.24, 2.45) is 0 Å². The maximum Gasteiger partial charge on any atom is 0.196 e. The lowest BCUT2D eigenvalue weighted by Crippen LogP contribution is -2.27. The number of carbonyl (C=O) groups excluding carboxylic acids is 1. The summed E-state index contributed by atoms with van der Waals surface area (Å²) in [6.45, 7) is 0. The van der Waals surface area contributed by atoms with Gasteiger partial charge in [-0.1, -0.05) is 47.6 Å². The van der Waals surface area contributed by atoms with Crippen LogP contribution in [0.3, 0.4) is 0 Å².